The van der Waals surface area contributed by atoms with Crippen molar-refractivity contribution in [3.8, 4) is 0 Å². The lowest BCUT2D eigenvalue weighted by molar-refractivity contribution is -0.128. The molecule has 3 aromatic carbocycles. The molecule has 0 radical (unpaired) electrons. The lowest BCUT2D eigenvalue weighted by atomic mass is 10.1. The minimum absolute atomic E-state index is 0.0694. The first kappa shape index (κ1) is 27.3. The number of hydrogen-bond acceptors (Lipinski definition) is 6. The van der Waals surface area contributed by atoms with E-state index in [1.165, 1.54) is 16.7 Å². The van der Waals surface area contributed by atoms with E-state index in [1.807, 2.05) is 92.7 Å². The van der Waals surface area contributed by atoms with Crippen molar-refractivity contribution in [2.24, 2.45) is 9.98 Å². The molecule has 0 fully saturated rings. The molecular weight excluding hydrogens is 522 g/mol. The number of benzene rings is 3. The van der Waals surface area contributed by atoms with E-state index in [1.54, 1.807) is 0 Å². The Kier molecular flexibility index (Phi) is 8.40. The zero-order chi connectivity index (χ0) is 28.1. The topological polar surface area (TPSA) is 103 Å². The Bertz CT molecular complexity index is 1470. The Balaban J connectivity index is 1.30. The normalized spacial score (nSPS) is 16.4. The van der Waals surface area contributed by atoms with Gasteiger partial charge in [-0.1, -0.05) is 91.0 Å². The third-order valence-electron chi connectivity index (χ3n) is 6.76. The molecule has 204 valence electrons. The second-order valence-corrected chi connectivity index (χ2v) is 10.9. The Hall–Kier alpha value is -4.24. The number of carbonyl (C=O) groups excluding carboxylic acids is 3. The van der Waals surface area contributed by atoms with E-state index in [-0.39, 0.29) is 24.1 Å². The van der Waals surface area contributed by atoms with Crippen LogP contribution in [0.4, 0.5) is 5.69 Å². The summed E-state index contributed by atoms with van der Waals surface area (Å²) in [4.78, 5) is 50.3. The van der Waals surface area contributed by atoms with Gasteiger partial charge in [-0.05, 0) is 36.6 Å². The summed E-state index contributed by atoms with van der Waals surface area (Å²) in [5.41, 5.74) is 4.55. The van der Waals surface area contributed by atoms with Crippen LogP contribution in [-0.2, 0) is 27.5 Å². The first-order chi connectivity index (χ1) is 19.4. The van der Waals surface area contributed by atoms with Gasteiger partial charge in [0, 0.05) is 18.7 Å². The molecular formula is C31H31N5O3S. The smallest absolute Gasteiger partial charge is 0.259 e. The number of aliphatic imine (C=N–C) groups is 2. The third kappa shape index (κ3) is 6.15. The summed E-state index contributed by atoms with van der Waals surface area (Å²) >= 11 is 1.25. The number of carbonyl (C=O) groups is 3. The molecule has 2 aliphatic heterocycles. The number of thioether (sulfide) groups is 1. The first-order valence-corrected chi connectivity index (χ1v) is 14.2. The Labute approximate surface area is 238 Å². The lowest BCUT2D eigenvalue weighted by Gasteiger charge is -2.27. The van der Waals surface area contributed by atoms with Crippen molar-refractivity contribution in [2.75, 3.05) is 0 Å². The van der Waals surface area contributed by atoms with Gasteiger partial charge in [0.25, 0.3) is 5.91 Å². The fourth-order valence-electron chi connectivity index (χ4n) is 4.52. The van der Waals surface area contributed by atoms with Gasteiger partial charge in [0.2, 0.25) is 11.8 Å². The Morgan fingerprint density at radius 2 is 1.60 bits per heavy atom. The molecule has 3 aromatic rings. The van der Waals surface area contributed by atoms with Gasteiger partial charge < -0.3 is 10.6 Å². The zero-order valence-electron chi connectivity index (χ0n) is 22.5. The van der Waals surface area contributed by atoms with Gasteiger partial charge in [0.15, 0.2) is 5.17 Å². The van der Waals surface area contributed by atoms with E-state index < -0.39 is 11.3 Å². The van der Waals surface area contributed by atoms with Crippen LogP contribution in [0.15, 0.2) is 88.8 Å². The number of aryl methyl sites for hydroxylation is 1. The van der Waals surface area contributed by atoms with E-state index in [0.717, 1.165) is 22.3 Å². The van der Waals surface area contributed by atoms with Crippen molar-refractivity contribution in [3.05, 3.63) is 101 Å². The molecule has 0 bridgehead atoms. The predicted octanol–water partition coefficient (Wildman–Crippen LogP) is 4.49. The molecule has 3 amide bonds. The average Bonchev–Trinajstić information content (AvgIpc) is 3.30. The standard InChI is InChI=1S/C31H31N5O3S/c1-3-26(29(38)33-19-22-15-13-20(2)14-16-22)40-31-35-24-12-8-7-11-23(24)28-34-25(30(39)36(28)31)17-27(37)32-18-21-9-5-4-6-10-21/h4-16,25-26H,3,17-19H2,1-2H3,(H,32,37)(H,33,38)/t25-,26-/m1/s1. The van der Waals surface area contributed by atoms with Crippen LogP contribution < -0.4 is 10.6 Å². The molecule has 2 N–H and O–H groups in total. The number of nitrogens with zero attached hydrogens (tertiary/aromatic N) is 3. The van der Waals surface area contributed by atoms with E-state index in [0.29, 0.717) is 36.2 Å². The molecule has 0 saturated carbocycles. The van der Waals surface area contributed by atoms with Crippen LogP contribution in [-0.4, -0.2) is 44.9 Å². The monoisotopic (exact) mass is 553 g/mol. The van der Waals surface area contributed by atoms with Crippen molar-refractivity contribution >= 4 is 46.2 Å². The van der Waals surface area contributed by atoms with Crippen LogP contribution >= 0.6 is 11.8 Å². The van der Waals surface area contributed by atoms with Gasteiger partial charge in [-0.2, -0.15) is 0 Å². The van der Waals surface area contributed by atoms with Crippen LogP contribution in [0.25, 0.3) is 0 Å². The molecule has 0 aromatic heterocycles. The number of amidine groups is 2. The number of rotatable bonds is 9. The summed E-state index contributed by atoms with van der Waals surface area (Å²) in [5.74, 6) is -0.237. The molecule has 0 spiro atoms. The summed E-state index contributed by atoms with van der Waals surface area (Å²) in [7, 11) is 0. The van der Waals surface area contributed by atoms with Crippen molar-refractivity contribution in [1.29, 1.82) is 0 Å². The molecule has 2 atom stereocenters. The zero-order valence-corrected chi connectivity index (χ0v) is 23.3. The number of nitrogens with one attached hydrogen (secondary N) is 2. The summed E-state index contributed by atoms with van der Waals surface area (Å²) in [6.45, 7) is 4.75. The maximum atomic E-state index is 13.6. The van der Waals surface area contributed by atoms with Crippen LogP contribution in [0.5, 0.6) is 0 Å². The maximum Gasteiger partial charge on any atom is 0.259 e. The van der Waals surface area contributed by atoms with E-state index in [4.69, 9.17) is 4.99 Å². The van der Waals surface area contributed by atoms with Crippen LogP contribution in [0.3, 0.4) is 0 Å². The Morgan fingerprint density at radius 3 is 2.35 bits per heavy atom. The molecule has 5 rings (SSSR count). The molecule has 9 heteroatoms. The highest BCUT2D eigenvalue weighted by molar-refractivity contribution is 8.15. The van der Waals surface area contributed by atoms with Gasteiger partial charge >= 0.3 is 0 Å². The SMILES string of the molecule is CC[C@@H](SC1=Nc2ccccc2C2=N[C@H](CC(=O)NCc3ccccc3)C(=O)N12)C(=O)NCc1ccc(C)cc1. The molecule has 0 unspecified atom stereocenters. The highest BCUT2D eigenvalue weighted by Crippen LogP contribution is 2.35. The lowest BCUT2D eigenvalue weighted by Crippen LogP contribution is -2.43. The van der Waals surface area contributed by atoms with Crippen molar-refractivity contribution in [2.45, 2.75) is 51.1 Å². The highest BCUT2D eigenvalue weighted by Gasteiger charge is 2.43. The maximum absolute atomic E-state index is 13.6. The summed E-state index contributed by atoms with van der Waals surface area (Å²) in [6.07, 6.45) is 0.477. The van der Waals surface area contributed by atoms with Gasteiger partial charge in [0.1, 0.15) is 11.9 Å². The van der Waals surface area contributed by atoms with Crippen LogP contribution in [0, 0.1) is 6.92 Å². The number of hydrogen-bond donors (Lipinski definition) is 2. The summed E-state index contributed by atoms with van der Waals surface area (Å²) in [6, 6.07) is 24.2. The summed E-state index contributed by atoms with van der Waals surface area (Å²) < 4.78 is 0. The predicted molar refractivity (Wildman–Crippen MR) is 158 cm³/mol. The van der Waals surface area contributed by atoms with Crippen LogP contribution in [0.2, 0.25) is 0 Å². The van der Waals surface area contributed by atoms with E-state index >= 15 is 0 Å². The number of amides is 3. The van der Waals surface area contributed by atoms with Crippen molar-refractivity contribution in [1.82, 2.24) is 15.5 Å². The number of fused-ring (bicyclic) bond motifs is 3. The molecule has 2 heterocycles. The average molecular weight is 554 g/mol. The third-order valence-corrected chi connectivity index (χ3v) is 8.07. The second-order valence-electron chi connectivity index (χ2n) is 9.74. The quantitative estimate of drug-likeness (QED) is 0.408. The van der Waals surface area contributed by atoms with Gasteiger partial charge in [-0.3, -0.25) is 19.4 Å². The molecule has 2 aliphatic rings. The van der Waals surface area contributed by atoms with E-state index in [9.17, 15) is 14.4 Å². The molecule has 40 heavy (non-hydrogen) atoms. The highest BCUT2D eigenvalue weighted by atomic mass is 32.2. The second kappa shape index (κ2) is 12.3. The Morgan fingerprint density at radius 1 is 0.925 bits per heavy atom. The molecule has 0 aliphatic carbocycles. The minimum atomic E-state index is -0.863. The largest absolute Gasteiger partial charge is 0.352 e. The van der Waals surface area contributed by atoms with Crippen LogP contribution in [0.1, 0.15) is 42.0 Å². The van der Waals surface area contributed by atoms with Crippen molar-refractivity contribution < 1.29 is 14.4 Å². The fraction of sp³-hybridized carbons (Fsp3) is 0.258. The van der Waals surface area contributed by atoms with Gasteiger partial charge in [0.05, 0.1) is 17.4 Å². The summed E-state index contributed by atoms with van der Waals surface area (Å²) in [5, 5.41) is 5.82. The fourth-order valence-corrected chi connectivity index (χ4v) is 5.56. The van der Waals surface area contributed by atoms with Crippen molar-refractivity contribution in [3.63, 3.8) is 0 Å². The minimum Gasteiger partial charge on any atom is -0.352 e. The number of para-hydroxylation sites is 1. The molecule has 0 saturated heterocycles. The molecule has 8 nitrogen and oxygen atoms in total. The first-order valence-electron chi connectivity index (χ1n) is 13.3. The van der Waals surface area contributed by atoms with E-state index in [2.05, 4.69) is 15.6 Å². The van der Waals surface area contributed by atoms with Gasteiger partial charge in [-0.25, -0.2) is 9.89 Å². The van der Waals surface area contributed by atoms with Gasteiger partial charge in [-0.15, -0.1) is 0 Å².